The third-order valence-electron chi connectivity index (χ3n) is 3.43. The zero-order valence-electron chi connectivity index (χ0n) is 13.1. The van der Waals surface area contributed by atoms with E-state index in [1.54, 1.807) is 18.2 Å². The number of carbonyl (C=O) groups is 1. The first-order valence-corrected chi connectivity index (χ1v) is 7.22. The molecular formula is C18H19FO4. The maximum atomic E-state index is 14.0. The van der Waals surface area contributed by atoms with Crippen LogP contribution in [0.3, 0.4) is 0 Å². The SMILES string of the molecule is COC(=O)Cc1ccc(OCC(O)c2ccc(C)cc2)c(F)c1. The molecule has 0 amide bonds. The van der Waals surface area contributed by atoms with Crippen molar-refractivity contribution in [3.8, 4) is 5.75 Å². The molecule has 0 spiro atoms. The normalized spacial score (nSPS) is 11.8. The minimum Gasteiger partial charge on any atom is -0.487 e. The number of aliphatic hydroxyl groups excluding tert-OH is 1. The molecule has 0 heterocycles. The van der Waals surface area contributed by atoms with E-state index in [4.69, 9.17) is 4.74 Å². The molecule has 0 saturated carbocycles. The lowest BCUT2D eigenvalue weighted by atomic mass is 10.1. The molecule has 122 valence electrons. The van der Waals surface area contributed by atoms with Gasteiger partial charge in [0, 0.05) is 0 Å². The molecule has 0 bridgehead atoms. The van der Waals surface area contributed by atoms with Gasteiger partial charge in [-0.3, -0.25) is 4.79 Å². The van der Waals surface area contributed by atoms with Gasteiger partial charge in [0.1, 0.15) is 12.7 Å². The highest BCUT2D eigenvalue weighted by Crippen LogP contribution is 2.21. The number of aliphatic hydroxyl groups is 1. The van der Waals surface area contributed by atoms with Gasteiger partial charge in [-0.25, -0.2) is 4.39 Å². The predicted molar refractivity (Wildman–Crippen MR) is 83.8 cm³/mol. The van der Waals surface area contributed by atoms with Gasteiger partial charge in [0.2, 0.25) is 0 Å². The van der Waals surface area contributed by atoms with Crippen LogP contribution in [0.4, 0.5) is 4.39 Å². The second-order valence-electron chi connectivity index (χ2n) is 5.26. The van der Waals surface area contributed by atoms with E-state index in [1.165, 1.54) is 19.2 Å². The lowest BCUT2D eigenvalue weighted by molar-refractivity contribution is -0.139. The Balaban J connectivity index is 1.97. The molecule has 5 heteroatoms. The number of hydrogen-bond acceptors (Lipinski definition) is 4. The van der Waals surface area contributed by atoms with E-state index in [0.717, 1.165) is 5.56 Å². The first kappa shape index (κ1) is 17.0. The van der Waals surface area contributed by atoms with E-state index in [0.29, 0.717) is 11.1 Å². The molecular weight excluding hydrogens is 299 g/mol. The van der Waals surface area contributed by atoms with Gasteiger partial charge >= 0.3 is 5.97 Å². The summed E-state index contributed by atoms with van der Waals surface area (Å²) in [5.41, 5.74) is 2.30. The lowest BCUT2D eigenvalue weighted by Gasteiger charge is -2.14. The van der Waals surface area contributed by atoms with Gasteiger partial charge < -0.3 is 14.6 Å². The Hall–Kier alpha value is -2.40. The summed E-state index contributed by atoms with van der Waals surface area (Å²) < 4.78 is 23.8. The summed E-state index contributed by atoms with van der Waals surface area (Å²) in [5.74, 6) is -0.986. The summed E-state index contributed by atoms with van der Waals surface area (Å²) in [4.78, 5) is 11.2. The number of ether oxygens (including phenoxy) is 2. The first-order valence-electron chi connectivity index (χ1n) is 7.22. The van der Waals surface area contributed by atoms with E-state index >= 15 is 0 Å². The van der Waals surface area contributed by atoms with Crippen molar-refractivity contribution >= 4 is 5.97 Å². The molecule has 0 aliphatic carbocycles. The summed E-state index contributed by atoms with van der Waals surface area (Å²) in [6.45, 7) is 1.90. The molecule has 2 aromatic rings. The predicted octanol–water partition coefficient (Wildman–Crippen LogP) is 2.96. The second kappa shape index (κ2) is 7.74. The number of rotatable bonds is 6. The van der Waals surface area contributed by atoms with Gasteiger partial charge in [0.05, 0.1) is 13.5 Å². The molecule has 1 unspecified atom stereocenters. The van der Waals surface area contributed by atoms with E-state index in [-0.39, 0.29) is 18.8 Å². The van der Waals surface area contributed by atoms with Crippen LogP contribution in [-0.2, 0) is 16.0 Å². The molecule has 1 atom stereocenters. The summed E-state index contributed by atoms with van der Waals surface area (Å²) in [5, 5.41) is 10.1. The van der Waals surface area contributed by atoms with Crippen molar-refractivity contribution in [2.75, 3.05) is 13.7 Å². The zero-order valence-corrected chi connectivity index (χ0v) is 13.1. The second-order valence-corrected chi connectivity index (χ2v) is 5.26. The van der Waals surface area contributed by atoms with Crippen LogP contribution in [-0.4, -0.2) is 24.8 Å². The van der Waals surface area contributed by atoms with Crippen LogP contribution >= 0.6 is 0 Å². The largest absolute Gasteiger partial charge is 0.487 e. The Morgan fingerprint density at radius 3 is 2.52 bits per heavy atom. The van der Waals surface area contributed by atoms with Gasteiger partial charge in [-0.05, 0) is 30.2 Å². The van der Waals surface area contributed by atoms with Crippen molar-refractivity contribution in [3.63, 3.8) is 0 Å². The average molecular weight is 318 g/mol. The molecule has 0 aliphatic heterocycles. The Kier molecular flexibility index (Phi) is 5.71. The van der Waals surface area contributed by atoms with E-state index in [2.05, 4.69) is 4.74 Å². The molecule has 23 heavy (non-hydrogen) atoms. The molecule has 0 aliphatic rings. The molecule has 0 aromatic heterocycles. The van der Waals surface area contributed by atoms with Crippen LogP contribution in [0.5, 0.6) is 5.75 Å². The number of hydrogen-bond donors (Lipinski definition) is 1. The van der Waals surface area contributed by atoms with Crippen LogP contribution in [0.15, 0.2) is 42.5 Å². The maximum Gasteiger partial charge on any atom is 0.309 e. The van der Waals surface area contributed by atoms with Crippen molar-refractivity contribution < 1.29 is 23.8 Å². The molecule has 0 saturated heterocycles. The van der Waals surface area contributed by atoms with E-state index in [9.17, 15) is 14.3 Å². The minimum absolute atomic E-state index is 0.000306. The van der Waals surface area contributed by atoms with Crippen LogP contribution in [0.25, 0.3) is 0 Å². The monoisotopic (exact) mass is 318 g/mol. The van der Waals surface area contributed by atoms with Crippen molar-refractivity contribution in [1.29, 1.82) is 0 Å². The van der Waals surface area contributed by atoms with Crippen LogP contribution in [0.1, 0.15) is 22.8 Å². The molecule has 0 fully saturated rings. The third-order valence-corrected chi connectivity index (χ3v) is 3.43. The van der Waals surface area contributed by atoms with Gasteiger partial charge in [-0.1, -0.05) is 35.9 Å². The third kappa shape index (κ3) is 4.79. The van der Waals surface area contributed by atoms with Crippen molar-refractivity contribution in [1.82, 2.24) is 0 Å². The van der Waals surface area contributed by atoms with Gasteiger partial charge in [0.25, 0.3) is 0 Å². The Morgan fingerprint density at radius 1 is 1.22 bits per heavy atom. The number of halogens is 1. The smallest absolute Gasteiger partial charge is 0.309 e. The molecule has 4 nitrogen and oxygen atoms in total. The Labute approximate surface area is 134 Å². The summed E-state index contributed by atoms with van der Waals surface area (Å²) in [6.07, 6.45) is -0.843. The molecule has 2 aromatic carbocycles. The van der Waals surface area contributed by atoms with Gasteiger partial charge in [-0.2, -0.15) is 0 Å². The fraction of sp³-hybridized carbons (Fsp3) is 0.278. The lowest BCUT2D eigenvalue weighted by Crippen LogP contribution is -2.11. The van der Waals surface area contributed by atoms with Gasteiger partial charge in [-0.15, -0.1) is 0 Å². The summed E-state index contributed by atoms with van der Waals surface area (Å²) in [6, 6.07) is 11.6. The van der Waals surface area contributed by atoms with Crippen LogP contribution in [0.2, 0.25) is 0 Å². The highest BCUT2D eigenvalue weighted by atomic mass is 19.1. The number of esters is 1. The number of benzene rings is 2. The highest BCUT2D eigenvalue weighted by molar-refractivity contribution is 5.72. The molecule has 0 radical (unpaired) electrons. The highest BCUT2D eigenvalue weighted by Gasteiger charge is 2.12. The average Bonchev–Trinajstić information content (AvgIpc) is 2.54. The number of methoxy groups -OCH3 is 1. The zero-order chi connectivity index (χ0) is 16.8. The number of aryl methyl sites for hydroxylation is 1. The van der Waals surface area contributed by atoms with Gasteiger partial charge in [0.15, 0.2) is 11.6 Å². The van der Waals surface area contributed by atoms with E-state index in [1.807, 2.05) is 19.1 Å². The topological polar surface area (TPSA) is 55.8 Å². The quantitative estimate of drug-likeness (QED) is 0.832. The van der Waals surface area contributed by atoms with Crippen molar-refractivity contribution in [2.45, 2.75) is 19.4 Å². The summed E-state index contributed by atoms with van der Waals surface area (Å²) in [7, 11) is 1.28. The minimum atomic E-state index is -0.843. The maximum absolute atomic E-state index is 14.0. The summed E-state index contributed by atoms with van der Waals surface area (Å²) >= 11 is 0. The van der Waals surface area contributed by atoms with Crippen molar-refractivity contribution in [2.24, 2.45) is 0 Å². The van der Waals surface area contributed by atoms with E-state index < -0.39 is 17.9 Å². The van der Waals surface area contributed by atoms with Crippen LogP contribution < -0.4 is 4.74 Å². The van der Waals surface area contributed by atoms with Crippen LogP contribution in [0, 0.1) is 12.7 Å². The Bertz CT molecular complexity index is 667. The molecule has 2 rings (SSSR count). The van der Waals surface area contributed by atoms with Crippen molar-refractivity contribution in [3.05, 3.63) is 65.0 Å². The molecule has 1 N–H and O–H groups in total. The Morgan fingerprint density at radius 2 is 1.91 bits per heavy atom. The first-order chi connectivity index (χ1) is 11.0. The fourth-order valence-electron chi connectivity index (χ4n) is 2.06. The standard InChI is InChI=1S/C18H19FO4/c1-12-3-6-14(7-4-12)16(20)11-23-17-8-5-13(9-15(17)19)10-18(21)22-2/h3-9,16,20H,10-11H2,1-2H3. The fourth-order valence-corrected chi connectivity index (χ4v) is 2.06. The number of carbonyl (C=O) groups excluding carboxylic acids is 1.